The Morgan fingerprint density at radius 3 is 1.35 bits per heavy atom. The molecule has 0 aliphatic carbocycles. The fourth-order valence-electron chi connectivity index (χ4n) is 3.39. The molecule has 0 spiro atoms. The van der Waals surface area contributed by atoms with Crippen molar-refractivity contribution in [2.45, 2.75) is 119 Å². The molecule has 1 nitrogen and oxygen atoms in total. The second-order valence-electron chi connectivity index (χ2n) is 9.62. The Kier molecular flexibility index (Phi) is 17.1. The molecular weight excluding hydrogens is 376 g/mol. The lowest BCUT2D eigenvalue weighted by atomic mass is 9.99. The fourth-order valence-corrected chi connectivity index (χ4v) is 3.39. The van der Waals surface area contributed by atoms with Gasteiger partial charge in [-0.05, 0) is 118 Å². The summed E-state index contributed by atoms with van der Waals surface area (Å²) in [5.41, 5.74) is 8.08. The molecule has 0 saturated heterocycles. The fraction of sp³-hybridized carbons (Fsp3) is 0.600. The van der Waals surface area contributed by atoms with Crippen molar-refractivity contribution < 1.29 is 5.11 Å². The summed E-state index contributed by atoms with van der Waals surface area (Å²) in [6, 6.07) is 0. The van der Waals surface area contributed by atoms with Gasteiger partial charge >= 0.3 is 0 Å². The van der Waals surface area contributed by atoms with Gasteiger partial charge in [-0.15, -0.1) is 0 Å². The van der Waals surface area contributed by atoms with E-state index in [1.165, 1.54) is 27.9 Å². The maximum absolute atomic E-state index is 10.4. The van der Waals surface area contributed by atoms with E-state index in [1.54, 1.807) is 0 Å². The van der Waals surface area contributed by atoms with Gasteiger partial charge in [-0.3, -0.25) is 0 Å². The van der Waals surface area contributed by atoms with Gasteiger partial charge in [0.2, 0.25) is 0 Å². The molecule has 1 heteroatoms. The Bertz CT molecular complexity index is 659. The van der Waals surface area contributed by atoms with E-state index in [0.717, 1.165) is 69.8 Å². The number of allylic oxidation sites excluding steroid dienone is 10. The van der Waals surface area contributed by atoms with Gasteiger partial charge in [0.15, 0.2) is 0 Å². The molecule has 176 valence electrons. The standard InChI is InChI=1S/C30H50O/c1-24(2)14-9-16-26(5)18-11-19-28(7)21-13-23-30(31)29(8)22-12-20-27(6)17-10-15-25(3)4/h14-15,18,20-21,30-31H,8-13,16-17,19,22-23H2,1-7H3/b26-18+,27-20+,28-21+/t30-/m0/s1. The van der Waals surface area contributed by atoms with Crippen LogP contribution in [-0.2, 0) is 0 Å². The predicted octanol–water partition coefficient (Wildman–Crippen LogP) is 9.58. The summed E-state index contributed by atoms with van der Waals surface area (Å²) in [6.07, 6.45) is 21.5. The first-order chi connectivity index (χ1) is 14.6. The van der Waals surface area contributed by atoms with Crippen LogP contribution in [0.4, 0.5) is 0 Å². The molecule has 0 amide bonds. The lowest BCUT2D eigenvalue weighted by Gasteiger charge is -2.12. The van der Waals surface area contributed by atoms with Crippen molar-refractivity contribution in [1.29, 1.82) is 0 Å². The van der Waals surface area contributed by atoms with Gasteiger partial charge in [-0.2, -0.15) is 0 Å². The van der Waals surface area contributed by atoms with Crippen molar-refractivity contribution in [3.63, 3.8) is 0 Å². The van der Waals surface area contributed by atoms with Crippen LogP contribution in [0.15, 0.2) is 70.4 Å². The van der Waals surface area contributed by atoms with Crippen molar-refractivity contribution in [3.8, 4) is 0 Å². The monoisotopic (exact) mass is 426 g/mol. The molecule has 0 aromatic carbocycles. The molecule has 0 fully saturated rings. The van der Waals surface area contributed by atoms with Crippen LogP contribution >= 0.6 is 0 Å². The first-order valence-electron chi connectivity index (χ1n) is 12.2. The van der Waals surface area contributed by atoms with Crippen molar-refractivity contribution >= 4 is 0 Å². The molecule has 0 aromatic heterocycles. The molecule has 31 heavy (non-hydrogen) atoms. The average Bonchev–Trinajstić information content (AvgIpc) is 2.67. The van der Waals surface area contributed by atoms with Gasteiger partial charge < -0.3 is 5.11 Å². The lowest BCUT2D eigenvalue weighted by molar-refractivity contribution is 0.198. The zero-order valence-electron chi connectivity index (χ0n) is 21.7. The van der Waals surface area contributed by atoms with E-state index in [2.05, 4.69) is 85.4 Å². The summed E-state index contributed by atoms with van der Waals surface area (Å²) < 4.78 is 0. The van der Waals surface area contributed by atoms with Gasteiger partial charge in [0.05, 0.1) is 6.10 Å². The van der Waals surface area contributed by atoms with Gasteiger partial charge in [0.1, 0.15) is 0 Å². The van der Waals surface area contributed by atoms with E-state index in [4.69, 9.17) is 0 Å². The highest BCUT2D eigenvalue weighted by atomic mass is 16.3. The van der Waals surface area contributed by atoms with Crippen LogP contribution in [0.2, 0.25) is 0 Å². The van der Waals surface area contributed by atoms with Crippen LogP contribution in [-0.4, -0.2) is 11.2 Å². The Balaban J connectivity index is 4.11. The van der Waals surface area contributed by atoms with E-state index >= 15 is 0 Å². The lowest BCUT2D eigenvalue weighted by Crippen LogP contribution is -2.08. The van der Waals surface area contributed by atoms with Crippen molar-refractivity contribution in [3.05, 3.63) is 70.4 Å². The predicted molar refractivity (Wildman–Crippen MR) is 141 cm³/mol. The minimum atomic E-state index is -0.388. The summed E-state index contributed by atoms with van der Waals surface area (Å²) >= 11 is 0. The molecule has 1 atom stereocenters. The minimum absolute atomic E-state index is 0.388. The molecular formula is C30H50O. The third-order valence-electron chi connectivity index (χ3n) is 5.58. The van der Waals surface area contributed by atoms with Crippen LogP contribution in [0.3, 0.4) is 0 Å². The number of hydrogen-bond donors (Lipinski definition) is 1. The van der Waals surface area contributed by atoms with Crippen LogP contribution in [0.1, 0.15) is 113 Å². The third kappa shape index (κ3) is 18.9. The second-order valence-corrected chi connectivity index (χ2v) is 9.62. The van der Waals surface area contributed by atoms with Crippen LogP contribution in [0.25, 0.3) is 0 Å². The Morgan fingerprint density at radius 2 is 0.935 bits per heavy atom. The van der Waals surface area contributed by atoms with E-state index < -0.39 is 0 Å². The molecule has 0 bridgehead atoms. The summed E-state index contributed by atoms with van der Waals surface area (Å²) in [5, 5.41) is 10.4. The number of aliphatic hydroxyl groups excluding tert-OH is 1. The SMILES string of the molecule is C=C(CC/C=C(\C)CCC=C(C)C)[C@@H](O)CC/C=C(\C)CC/C=C(\C)CCC=C(C)C. The first-order valence-corrected chi connectivity index (χ1v) is 12.2. The van der Waals surface area contributed by atoms with Crippen LogP contribution in [0, 0.1) is 0 Å². The number of hydrogen-bond acceptors (Lipinski definition) is 1. The van der Waals surface area contributed by atoms with E-state index in [-0.39, 0.29) is 6.10 Å². The highest BCUT2D eigenvalue weighted by Crippen LogP contribution is 2.17. The maximum Gasteiger partial charge on any atom is 0.0750 e. The molecule has 0 aliphatic rings. The van der Waals surface area contributed by atoms with Gasteiger partial charge in [-0.1, -0.05) is 64.8 Å². The molecule has 0 heterocycles. The van der Waals surface area contributed by atoms with E-state index in [0.29, 0.717) is 0 Å². The Morgan fingerprint density at radius 1 is 0.581 bits per heavy atom. The summed E-state index contributed by atoms with van der Waals surface area (Å²) in [7, 11) is 0. The van der Waals surface area contributed by atoms with Gasteiger partial charge in [-0.25, -0.2) is 0 Å². The zero-order chi connectivity index (χ0) is 23.6. The van der Waals surface area contributed by atoms with Crippen LogP contribution in [0.5, 0.6) is 0 Å². The van der Waals surface area contributed by atoms with Gasteiger partial charge in [0.25, 0.3) is 0 Å². The molecule has 0 unspecified atom stereocenters. The normalized spacial score (nSPS) is 13.7. The van der Waals surface area contributed by atoms with E-state index in [1.807, 2.05) is 0 Å². The molecule has 0 aliphatic heterocycles. The van der Waals surface area contributed by atoms with Crippen molar-refractivity contribution in [2.24, 2.45) is 0 Å². The smallest absolute Gasteiger partial charge is 0.0750 e. The Hall–Kier alpha value is -1.60. The number of aliphatic hydroxyl groups is 1. The average molecular weight is 427 g/mol. The minimum Gasteiger partial charge on any atom is -0.389 e. The second kappa shape index (κ2) is 18.0. The molecule has 1 N–H and O–H groups in total. The molecule has 0 rings (SSSR count). The zero-order valence-corrected chi connectivity index (χ0v) is 21.7. The number of rotatable bonds is 16. The largest absolute Gasteiger partial charge is 0.389 e. The molecule has 0 radical (unpaired) electrons. The third-order valence-corrected chi connectivity index (χ3v) is 5.58. The van der Waals surface area contributed by atoms with Crippen LogP contribution < -0.4 is 0 Å². The Labute approximate surface area is 194 Å². The molecule has 0 aromatic rings. The van der Waals surface area contributed by atoms with Gasteiger partial charge in [0, 0.05) is 0 Å². The first kappa shape index (κ1) is 29.4. The highest BCUT2D eigenvalue weighted by Gasteiger charge is 2.07. The summed E-state index contributed by atoms with van der Waals surface area (Å²) in [4.78, 5) is 0. The molecule has 0 saturated carbocycles. The van der Waals surface area contributed by atoms with Crippen molar-refractivity contribution in [2.75, 3.05) is 0 Å². The quantitative estimate of drug-likeness (QED) is 0.243. The topological polar surface area (TPSA) is 20.2 Å². The summed E-state index contributed by atoms with van der Waals surface area (Å²) in [6.45, 7) is 19.4. The summed E-state index contributed by atoms with van der Waals surface area (Å²) in [5.74, 6) is 0. The van der Waals surface area contributed by atoms with Crippen molar-refractivity contribution in [1.82, 2.24) is 0 Å². The highest BCUT2D eigenvalue weighted by molar-refractivity contribution is 5.09. The van der Waals surface area contributed by atoms with E-state index in [9.17, 15) is 5.11 Å². The maximum atomic E-state index is 10.4.